The molecule has 6 nitrogen and oxygen atoms in total. The second-order valence-corrected chi connectivity index (χ2v) is 7.53. The average Bonchev–Trinajstić information content (AvgIpc) is 3.39. The van der Waals surface area contributed by atoms with Crippen LogP contribution in [-0.2, 0) is 22.7 Å². The van der Waals surface area contributed by atoms with E-state index in [1.54, 1.807) is 23.5 Å². The molecule has 0 spiro atoms. The van der Waals surface area contributed by atoms with Gasteiger partial charge in [-0.15, -0.1) is 0 Å². The monoisotopic (exact) mass is 408 g/mol. The summed E-state index contributed by atoms with van der Waals surface area (Å²) in [6.45, 7) is 1.25. The lowest BCUT2D eigenvalue weighted by atomic mass is 10.1. The van der Waals surface area contributed by atoms with E-state index in [0.29, 0.717) is 24.7 Å². The number of likely N-dealkylation sites (tertiary alicyclic amines) is 1. The molecule has 148 valence electrons. The van der Waals surface area contributed by atoms with Gasteiger partial charge in [0.05, 0.1) is 12.2 Å². The summed E-state index contributed by atoms with van der Waals surface area (Å²) in [6, 6.07) is 15.3. The molecule has 0 aliphatic carbocycles. The van der Waals surface area contributed by atoms with Crippen LogP contribution in [0.25, 0.3) is 5.69 Å². The highest BCUT2D eigenvalue weighted by atomic mass is 35.5. The maximum absolute atomic E-state index is 12.6. The van der Waals surface area contributed by atoms with Gasteiger partial charge in [0.15, 0.2) is 0 Å². The molecule has 4 rings (SSSR count). The zero-order valence-electron chi connectivity index (χ0n) is 15.8. The van der Waals surface area contributed by atoms with Gasteiger partial charge in [-0.05, 0) is 29.3 Å². The molecule has 2 heterocycles. The van der Waals surface area contributed by atoms with Crippen molar-refractivity contribution >= 4 is 23.4 Å². The zero-order chi connectivity index (χ0) is 20.2. The Bertz CT molecular complexity index is 1020. The Morgan fingerprint density at radius 2 is 2.07 bits per heavy atom. The Morgan fingerprint density at radius 3 is 2.86 bits per heavy atom. The van der Waals surface area contributed by atoms with Crippen LogP contribution in [0.4, 0.5) is 0 Å². The molecule has 1 saturated heterocycles. The highest BCUT2D eigenvalue weighted by Crippen LogP contribution is 2.23. The smallest absolute Gasteiger partial charge is 0.225 e. The molecule has 1 aromatic heterocycles. The first-order valence-corrected chi connectivity index (χ1v) is 9.84. The number of rotatable bonds is 6. The molecule has 0 radical (unpaired) electrons. The third-order valence-corrected chi connectivity index (χ3v) is 5.45. The number of benzene rings is 2. The third kappa shape index (κ3) is 4.49. The maximum Gasteiger partial charge on any atom is 0.225 e. The standard InChI is InChI=1S/C22H21ClN4O2/c23-20-7-2-1-5-17(20)13-27-14-18(11-21(27)28)22(29)25-12-16-4-3-6-19(10-16)26-9-8-24-15-26/h1-10,15,18H,11-14H2,(H,25,29). The minimum absolute atomic E-state index is 0.0211. The molecule has 1 fully saturated rings. The van der Waals surface area contributed by atoms with E-state index in [-0.39, 0.29) is 24.2 Å². The minimum Gasteiger partial charge on any atom is -0.352 e. The Kier molecular flexibility index (Phi) is 5.62. The quantitative estimate of drug-likeness (QED) is 0.681. The Hall–Kier alpha value is -3.12. The maximum atomic E-state index is 12.6. The number of carbonyl (C=O) groups excluding carboxylic acids is 2. The van der Waals surface area contributed by atoms with Crippen LogP contribution in [-0.4, -0.2) is 32.8 Å². The van der Waals surface area contributed by atoms with Crippen LogP contribution in [0.2, 0.25) is 5.02 Å². The van der Waals surface area contributed by atoms with Gasteiger partial charge in [0.25, 0.3) is 0 Å². The molecule has 1 aliphatic rings. The predicted molar refractivity (Wildman–Crippen MR) is 110 cm³/mol. The van der Waals surface area contributed by atoms with E-state index in [2.05, 4.69) is 10.3 Å². The highest BCUT2D eigenvalue weighted by molar-refractivity contribution is 6.31. The zero-order valence-corrected chi connectivity index (χ0v) is 16.5. The fraction of sp³-hybridized carbons (Fsp3) is 0.227. The molecule has 7 heteroatoms. The molecule has 2 amide bonds. The summed E-state index contributed by atoms with van der Waals surface area (Å²) in [5.74, 6) is -0.470. The molecule has 1 N–H and O–H groups in total. The summed E-state index contributed by atoms with van der Waals surface area (Å²) in [7, 11) is 0. The van der Waals surface area contributed by atoms with E-state index >= 15 is 0 Å². The Morgan fingerprint density at radius 1 is 1.21 bits per heavy atom. The number of halogens is 1. The van der Waals surface area contributed by atoms with Crippen molar-refractivity contribution in [1.29, 1.82) is 0 Å². The number of hydrogen-bond acceptors (Lipinski definition) is 3. The molecule has 1 atom stereocenters. The number of imidazole rings is 1. The Labute approximate surface area is 174 Å². The molecule has 0 saturated carbocycles. The van der Waals surface area contributed by atoms with Crippen LogP contribution >= 0.6 is 11.6 Å². The van der Waals surface area contributed by atoms with Gasteiger partial charge in [-0.2, -0.15) is 0 Å². The number of amides is 2. The number of hydrogen-bond donors (Lipinski definition) is 1. The average molecular weight is 409 g/mol. The van der Waals surface area contributed by atoms with Crippen LogP contribution in [0.15, 0.2) is 67.3 Å². The van der Waals surface area contributed by atoms with E-state index in [1.807, 2.05) is 53.2 Å². The number of nitrogens with zero attached hydrogens (tertiary/aromatic N) is 3. The molecular formula is C22H21ClN4O2. The van der Waals surface area contributed by atoms with Gasteiger partial charge >= 0.3 is 0 Å². The third-order valence-electron chi connectivity index (χ3n) is 5.08. The lowest BCUT2D eigenvalue weighted by Gasteiger charge is -2.17. The topological polar surface area (TPSA) is 67.2 Å². The normalized spacial score (nSPS) is 16.2. The Balaban J connectivity index is 1.34. The number of nitrogens with one attached hydrogen (secondary N) is 1. The SMILES string of the molecule is O=C(NCc1cccc(-n2ccnc2)c1)C1CC(=O)N(Cc2ccccc2Cl)C1. The summed E-state index contributed by atoms with van der Waals surface area (Å²) < 4.78 is 1.91. The first-order chi connectivity index (χ1) is 14.1. The number of aromatic nitrogens is 2. The summed E-state index contributed by atoms with van der Waals surface area (Å²) >= 11 is 6.19. The molecule has 2 aromatic carbocycles. The second kappa shape index (κ2) is 8.49. The minimum atomic E-state index is -0.346. The molecule has 29 heavy (non-hydrogen) atoms. The van der Waals surface area contributed by atoms with E-state index in [0.717, 1.165) is 16.8 Å². The molecule has 3 aromatic rings. The summed E-state index contributed by atoms with van der Waals surface area (Å²) in [6.07, 6.45) is 5.55. The van der Waals surface area contributed by atoms with Crippen LogP contribution < -0.4 is 5.32 Å². The van der Waals surface area contributed by atoms with Gasteiger partial charge in [-0.25, -0.2) is 4.98 Å². The van der Waals surface area contributed by atoms with E-state index in [4.69, 9.17) is 11.6 Å². The van der Waals surface area contributed by atoms with Gasteiger partial charge in [0, 0.05) is 49.2 Å². The van der Waals surface area contributed by atoms with Gasteiger partial charge < -0.3 is 14.8 Å². The fourth-order valence-corrected chi connectivity index (χ4v) is 3.70. The molecular weight excluding hydrogens is 388 g/mol. The predicted octanol–water partition coefficient (Wildman–Crippen LogP) is 3.19. The van der Waals surface area contributed by atoms with Crippen molar-refractivity contribution < 1.29 is 9.59 Å². The van der Waals surface area contributed by atoms with Gasteiger partial charge in [0.1, 0.15) is 0 Å². The lowest BCUT2D eigenvalue weighted by Crippen LogP contribution is -2.32. The molecule has 1 unspecified atom stereocenters. The van der Waals surface area contributed by atoms with Crippen molar-refractivity contribution in [3.05, 3.63) is 83.4 Å². The van der Waals surface area contributed by atoms with Crippen LogP contribution in [0, 0.1) is 5.92 Å². The van der Waals surface area contributed by atoms with Crippen molar-refractivity contribution in [2.75, 3.05) is 6.54 Å². The first kappa shape index (κ1) is 19.2. The van der Waals surface area contributed by atoms with Crippen molar-refractivity contribution in [2.45, 2.75) is 19.5 Å². The summed E-state index contributed by atoms with van der Waals surface area (Å²) in [5, 5.41) is 3.59. The van der Waals surface area contributed by atoms with Crippen LogP contribution in [0.3, 0.4) is 0 Å². The number of carbonyl (C=O) groups is 2. The van der Waals surface area contributed by atoms with Crippen molar-refractivity contribution in [1.82, 2.24) is 19.8 Å². The van der Waals surface area contributed by atoms with Gasteiger partial charge in [-0.1, -0.05) is 41.9 Å². The van der Waals surface area contributed by atoms with Gasteiger partial charge in [0.2, 0.25) is 11.8 Å². The first-order valence-electron chi connectivity index (χ1n) is 9.46. The fourth-order valence-electron chi connectivity index (χ4n) is 3.51. The van der Waals surface area contributed by atoms with Crippen molar-refractivity contribution in [2.24, 2.45) is 5.92 Å². The summed E-state index contributed by atoms with van der Waals surface area (Å²) in [4.78, 5) is 30.7. The second-order valence-electron chi connectivity index (χ2n) is 7.12. The van der Waals surface area contributed by atoms with Gasteiger partial charge in [-0.3, -0.25) is 9.59 Å². The molecule has 1 aliphatic heterocycles. The van der Waals surface area contributed by atoms with E-state index in [1.165, 1.54) is 0 Å². The highest BCUT2D eigenvalue weighted by Gasteiger charge is 2.34. The van der Waals surface area contributed by atoms with Crippen molar-refractivity contribution in [3.8, 4) is 5.69 Å². The summed E-state index contributed by atoms with van der Waals surface area (Å²) in [5.41, 5.74) is 2.86. The van der Waals surface area contributed by atoms with Crippen LogP contribution in [0.1, 0.15) is 17.5 Å². The van der Waals surface area contributed by atoms with Crippen LogP contribution in [0.5, 0.6) is 0 Å². The molecule has 0 bridgehead atoms. The van der Waals surface area contributed by atoms with Crippen molar-refractivity contribution in [3.63, 3.8) is 0 Å². The lowest BCUT2D eigenvalue weighted by molar-refractivity contribution is -0.129. The van der Waals surface area contributed by atoms with E-state index in [9.17, 15) is 9.59 Å². The largest absolute Gasteiger partial charge is 0.352 e. The van der Waals surface area contributed by atoms with E-state index < -0.39 is 0 Å².